The van der Waals surface area contributed by atoms with E-state index in [1.807, 2.05) is 48.2 Å². The van der Waals surface area contributed by atoms with Gasteiger partial charge >= 0.3 is 0 Å². The molecular weight excluding hydrogens is 520 g/mol. The Labute approximate surface area is 243 Å². The molecule has 0 spiro atoms. The maximum Gasteiger partial charge on any atom is 0.251 e. The lowest BCUT2D eigenvalue weighted by molar-refractivity contribution is -0.137. The van der Waals surface area contributed by atoms with E-state index in [-0.39, 0.29) is 42.6 Å². The van der Waals surface area contributed by atoms with Gasteiger partial charge in [-0.1, -0.05) is 31.4 Å². The summed E-state index contributed by atoms with van der Waals surface area (Å²) in [7, 11) is 1.61. The average Bonchev–Trinajstić information content (AvgIpc) is 3.00. The average molecular weight is 565 g/mol. The van der Waals surface area contributed by atoms with E-state index in [0.29, 0.717) is 36.8 Å². The maximum atomic E-state index is 13.2. The van der Waals surface area contributed by atoms with E-state index in [1.165, 1.54) is 6.42 Å². The molecule has 1 aliphatic heterocycles. The van der Waals surface area contributed by atoms with Gasteiger partial charge < -0.3 is 24.4 Å². The van der Waals surface area contributed by atoms with Crippen LogP contribution in [0.2, 0.25) is 0 Å². The molecule has 2 amide bonds. The number of piperidine rings is 1. The van der Waals surface area contributed by atoms with Crippen LogP contribution in [0.3, 0.4) is 0 Å². The van der Waals surface area contributed by atoms with E-state index < -0.39 is 6.04 Å². The molecule has 2 aromatic rings. The van der Waals surface area contributed by atoms with Crippen LogP contribution in [0.4, 0.5) is 0 Å². The van der Waals surface area contributed by atoms with Gasteiger partial charge in [0.2, 0.25) is 5.91 Å². The van der Waals surface area contributed by atoms with E-state index >= 15 is 0 Å². The van der Waals surface area contributed by atoms with Crippen LogP contribution in [-0.4, -0.2) is 62.0 Å². The Balaban J connectivity index is 1.33. The van der Waals surface area contributed by atoms with Crippen molar-refractivity contribution in [1.82, 2.24) is 10.2 Å². The minimum absolute atomic E-state index is 0.0135. The quantitative estimate of drug-likeness (QED) is 0.377. The SMILES string of the molecule is CCOc1cc(OC)ccc1COCC(=O)N1CCCC(c2cccc(C(=O)N[C@@H](C(C)=O)C3CCCCC3)c2)C1. The van der Waals surface area contributed by atoms with Crippen molar-refractivity contribution >= 4 is 17.6 Å². The van der Waals surface area contributed by atoms with Gasteiger partial charge in [-0.25, -0.2) is 0 Å². The van der Waals surface area contributed by atoms with Crippen molar-refractivity contribution in [2.24, 2.45) is 5.92 Å². The molecule has 0 aromatic heterocycles. The number of ether oxygens (including phenoxy) is 3. The largest absolute Gasteiger partial charge is 0.497 e. The number of benzene rings is 2. The molecule has 1 unspecified atom stereocenters. The first-order chi connectivity index (χ1) is 19.9. The second kappa shape index (κ2) is 15.0. The Morgan fingerprint density at radius 1 is 1.02 bits per heavy atom. The minimum Gasteiger partial charge on any atom is -0.497 e. The lowest BCUT2D eigenvalue weighted by atomic mass is 9.82. The number of ketones is 1. The van der Waals surface area contributed by atoms with Gasteiger partial charge in [-0.05, 0) is 75.3 Å². The summed E-state index contributed by atoms with van der Waals surface area (Å²) in [6.07, 6.45) is 7.20. The lowest BCUT2D eigenvalue weighted by Crippen LogP contribution is -2.45. The molecular formula is C33H44N2O6. The van der Waals surface area contributed by atoms with Crippen LogP contribution in [0, 0.1) is 5.92 Å². The molecule has 1 saturated carbocycles. The summed E-state index contributed by atoms with van der Waals surface area (Å²) in [4.78, 5) is 40.5. The predicted molar refractivity (Wildman–Crippen MR) is 157 cm³/mol. The molecule has 2 atom stereocenters. The minimum atomic E-state index is -0.434. The van der Waals surface area contributed by atoms with Gasteiger partial charge in [0.05, 0.1) is 26.4 Å². The van der Waals surface area contributed by atoms with E-state index in [1.54, 1.807) is 20.1 Å². The van der Waals surface area contributed by atoms with Crippen molar-refractivity contribution in [1.29, 1.82) is 0 Å². The predicted octanol–water partition coefficient (Wildman–Crippen LogP) is 5.28. The summed E-state index contributed by atoms with van der Waals surface area (Å²) in [5.41, 5.74) is 2.45. The molecule has 2 aliphatic rings. The number of carbonyl (C=O) groups is 3. The Hall–Kier alpha value is -3.39. The number of hydrogen-bond donors (Lipinski definition) is 1. The first kappa shape index (κ1) is 30.6. The molecule has 8 nitrogen and oxygen atoms in total. The van der Waals surface area contributed by atoms with Gasteiger partial charge in [-0.3, -0.25) is 14.4 Å². The van der Waals surface area contributed by atoms with Crippen molar-refractivity contribution in [3.63, 3.8) is 0 Å². The fraction of sp³-hybridized carbons (Fsp3) is 0.545. The zero-order valence-electron chi connectivity index (χ0n) is 24.7. The molecule has 1 heterocycles. The summed E-state index contributed by atoms with van der Waals surface area (Å²) in [5, 5.41) is 3.03. The van der Waals surface area contributed by atoms with Crippen molar-refractivity contribution < 1.29 is 28.6 Å². The number of Topliss-reactive ketones (excluding diaryl/α,β-unsaturated/α-hetero) is 1. The van der Waals surface area contributed by atoms with Crippen molar-refractivity contribution in [3.05, 3.63) is 59.2 Å². The van der Waals surface area contributed by atoms with Crippen LogP contribution in [0.5, 0.6) is 11.5 Å². The fourth-order valence-corrected chi connectivity index (χ4v) is 6.06. The monoisotopic (exact) mass is 564 g/mol. The van der Waals surface area contributed by atoms with E-state index in [0.717, 1.165) is 49.7 Å². The number of carbonyl (C=O) groups excluding carboxylic acids is 3. The zero-order valence-corrected chi connectivity index (χ0v) is 24.7. The molecule has 1 saturated heterocycles. The number of rotatable bonds is 12. The van der Waals surface area contributed by atoms with Gasteiger partial charge in [0.15, 0.2) is 5.78 Å². The summed E-state index contributed by atoms with van der Waals surface area (Å²) in [5.74, 6) is 1.50. The van der Waals surface area contributed by atoms with Crippen LogP contribution in [-0.2, 0) is 20.9 Å². The van der Waals surface area contributed by atoms with Gasteiger partial charge in [-0.2, -0.15) is 0 Å². The Kier molecular flexibility index (Phi) is 11.2. The van der Waals surface area contributed by atoms with Crippen LogP contribution < -0.4 is 14.8 Å². The summed E-state index contributed by atoms with van der Waals surface area (Å²) < 4.78 is 16.8. The Morgan fingerprint density at radius 3 is 2.56 bits per heavy atom. The standard InChI is InChI=1S/C33H44N2O6/c1-4-41-30-19-29(39-3)16-15-28(30)21-40-22-31(37)35-17-9-14-27(20-35)25-12-8-13-26(18-25)33(38)34-32(23(2)36)24-10-6-5-7-11-24/h8,12-13,15-16,18-19,24,27,32H,4-7,9-11,14,17,20-22H2,1-3H3,(H,34,38)/t27?,32-/m0/s1. The second-order valence-corrected chi connectivity index (χ2v) is 11.2. The molecule has 4 rings (SSSR count). The third kappa shape index (κ3) is 8.32. The molecule has 0 bridgehead atoms. The third-order valence-electron chi connectivity index (χ3n) is 8.30. The van der Waals surface area contributed by atoms with Gasteiger partial charge in [-0.15, -0.1) is 0 Å². The first-order valence-corrected chi connectivity index (χ1v) is 15.0. The van der Waals surface area contributed by atoms with Gasteiger partial charge in [0.1, 0.15) is 18.1 Å². The normalized spacial score (nSPS) is 18.4. The first-order valence-electron chi connectivity index (χ1n) is 15.0. The highest BCUT2D eigenvalue weighted by Crippen LogP contribution is 2.30. The van der Waals surface area contributed by atoms with E-state index in [9.17, 15) is 14.4 Å². The number of hydrogen-bond acceptors (Lipinski definition) is 6. The lowest BCUT2D eigenvalue weighted by Gasteiger charge is -2.33. The highest BCUT2D eigenvalue weighted by Gasteiger charge is 2.29. The van der Waals surface area contributed by atoms with E-state index in [4.69, 9.17) is 14.2 Å². The molecule has 2 aromatic carbocycles. The Bertz CT molecular complexity index is 1190. The molecule has 1 aliphatic carbocycles. The molecule has 0 radical (unpaired) electrons. The fourth-order valence-electron chi connectivity index (χ4n) is 6.06. The van der Waals surface area contributed by atoms with Gasteiger partial charge in [0, 0.05) is 36.2 Å². The van der Waals surface area contributed by atoms with Crippen molar-refractivity contribution in [2.45, 2.75) is 77.4 Å². The molecule has 8 heteroatoms. The topological polar surface area (TPSA) is 94.2 Å². The number of methoxy groups -OCH3 is 1. The van der Waals surface area contributed by atoms with Gasteiger partial charge in [0.25, 0.3) is 5.91 Å². The summed E-state index contributed by atoms with van der Waals surface area (Å²) in [6, 6.07) is 12.8. The maximum absolute atomic E-state index is 13.2. The Morgan fingerprint density at radius 2 is 1.83 bits per heavy atom. The molecule has 2 fully saturated rings. The van der Waals surface area contributed by atoms with E-state index in [2.05, 4.69) is 5.32 Å². The highest BCUT2D eigenvalue weighted by molar-refractivity contribution is 5.97. The zero-order chi connectivity index (χ0) is 29.2. The summed E-state index contributed by atoms with van der Waals surface area (Å²) in [6.45, 7) is 5.54. The number of likely N-dealkylation sites (tertiary alicyclic amines) is 1. The smallest absolute Gasteiger partial charge is 0.251 e. The molecule has 222 valence electrons. The molecule has 1 N–H and O–H groups in total. The number of nitrogens with one attached hydrogen (secondary N) is 1. The summed E-state index contributed by atoms with van der Waals surface area (Å²) >= 11 is 0. The molecule has 41 heavy (non-hydrogen) atoms. The third-order valence-corrected chi connectivity index (χ3v) is 8.30. The highest BCUT2D eigenvalue weighted by atomic mass is 16.5. The van der Waals surface area contributed by atoms with Crippen LogP contribution >= 0.6 is 0 Å². The number of nitrogens with zero attached hydrogens (tertiary/aromatic N) is 1. The van der Waals surface area contributed by atoms with Crippen LogP contribution in [0.15, 0.2) is 42.5 Å². The van der Waals surface area contributed by atoms with Crippen LogP contribution in [0.1, 0.15) is 86.2 Å². The van der Waals surface area contributed by atoms with Crippen molar-refractivity contribution in [2.75, 3.05) is 33.4 Å². The van der Waals surface area contributed by atoms with Crippen molar-refractivity contribution in [3.8, 4) is 11.5 Å². The second-order valence-electron chi connectivity index (χ2n) is 11.2. The van der Waals surface area contributed by atoms with Crippen LogP contribution in [0.25, 0.3) is 0 Å². The number of amides is 2.